The van der Waals surface area contributed by atoms with Crippen LogP contribution in [-0.4, -0.2) is 11.5 Å². The Kier molecular flexibility index (Phi) is 3.12. The largest absolute Gasteiger partial charge is 0.312 e. The molecule has 1 aromatic rings. The van der Waals surface area contributed by atoms with E-state index in [0.29, 0.717) is 0 Å². The molecule has 15 heavy (non-hydrogen) atoms. The highest BCUT2D eigenvalue weighted by Crippen LogP contribution is 2.28. The maximum atomic E-state index is 4.48. The molecule has 0 atom stereocenters. The van der Waals surface area contributed by atoms with Gasteiger partial charge in [-0.2, -0.15) is 0 Å². The predicted molar refractivity (Wildman–Crippen MR) is 65.2 cm³/mol. The molecule has 0 saturated heterocycles. The Hall–Kier alpha value is -0.410. The molecule has 0 bridgehead atoms. The van der Waals surface area contributed by atoms with E-state index in [0.717, 1.165) is 12.5 Å². The second kappa shape index (κ2) is 4.22. The lowest BCUT2D eigenvalue weighted by molar-refractivity contribution is 0.585. The van der Waals surface area contributed by atoms with E-state index in [9.17, 15) is 0 Å². The van der Waals surface area contributed by atoms with E-state index in [1.807, 2.05) is 17.5 Å². The van der Waals surface area contributed by atoms with E-state index in [1.165, 1.54) is 29.3 Å². The number of hydrogen-bond donors (Lipinski definition) is 1. The van der Waals surface area contributed by atoms with Crippen molar-refractivity contribution in [1.82, 2.24) is 10.3 Å². The molecule has 1 aliphatic carbocycles. The number of nitrogens with zero attached hydrogens (tertiary/aromatic N) is 1. The van der Waals surface area contributed by atoms with Gasteiger partial charge >= 0.3 is 0 Å². The van der Waals surface area contributed by atoms with E-state index >= 15 is 0 Å². The number of nitrogens with one attached hydrogen (secondary N) is 1. The number of thiazole rings is 1. The number of rotatable bonds is 4. The summed E-state index contributed by atoms with van der Waals surface area (Å²) in [6.07, 6.45) is 4.86. The van der Waals surface area contributed by atoms with Crippen LogP contribution in [0.3, 0.4) is 0 Å². The smallest absolute Gasteiger partial charge is 0.0981 e. The van der Waals surface area contributed by atoms with E-state index in [2.05, 4.69) is 31.1 Å². The summed E-state index contributed by atoms with van der Waals surface area (Å²) >= 11 is 1.84. The SMILES string of the molecule is CC(C)(C)c1ncc(CNCC2CC2)s1. The molecule has 2 nitrogen and oxygen atoms in total. The monoisotopic (exact) mass is 224 g/mol. The number of aromatic nitrogens is 1. The first-order valence-corrected chi connectivity index (χ1v) is 6.53. The average molecular weight is 224 g/mol. The van der Waals surface area contributed by atoms with Gasteiger partial charge in [0.1, 0.15) is 0 Å². The minimum atomic E-state index is 0.194. The van der Waals surface area contributed by atoms with Crippen LogP contribution in [0.5, 0.6) is 0 Å². The molecule has 1 aromatic heterocycles. The van der Waals surface area contributed by atoms with Gasteiger partial charge in [0, 0.05) is 23.0 Å². The highest BCUT2D eigenvalue weighted by atomic mass is 32.1. The van der Waals surface area contributed by atoms with Gasteiger partial charge in [-0.05, 0) is 25.3 Å². The molecule has 1 saturated carbocycles. The second-order valence-corrected chi connectivity index (χ2v) is 6.57. The van der Waals surface area contributed by atoms with Crippen molar-refractivity contribution in [2.75, 3.05) is 6.54 Å². The summed E-state index contributed by atoms with van der Waals surface area (Å²) in [4.78, 5) is 5.84. The van der Waals surface area contributed by atoms with Crippen LogP contribution in [0, 0.1) is 5.92 Å². The fraction of sp³-hybridized carbons (Fsp3) is 0.750. The van der Waals surface area contributed by atoms with Crippen molar-refractivity contribution in [3.8, 4) is 0 Å². The molecular weight excluding hydrogens is 204 g/mol. The van der Waals surface area contributed by atoms with Crippen LogP contribution < -0.4 is 5.32 Å². The zero-order valence-corrected chi connectivity index (χ0v) is 10.7. The lowest BCUT2D eigenvalue weighted by Gasteiger charge is -2.13. The van der Waals surface area contributed by atoms with Crippen molar-refractivity contribution >= 4 is 11.3 Å². The molecular formula is C12H20N2S. The third-order valence-corrected chi connectivity index (χ3v) is 4.05. The molecule has 3 heteroatoms. The van der Waals surface area contributed by atoms with Crippen molar-refractivity contribution < 1.29 is 0 Å². The summed E-state index contributed by atoms with van der Waals surface area (Å²) in [6, 6.07) is 0. The highest BCUT2D eigenvalue weighted by Gasteiger charge is 2.21. The third kappa shape index (κ3) is 3.28. The van der Waals surface area contributed by atoms with Gasteiger partial charge in [0.05, 0.1) is 5.01 Å². The lowest BCUT2D eigenvalue weighted by Crippen LogP contribution is -2.15. The maximum Gasteiger partial charge on any atom is 0.0981 e. The topological polar surface area (TPSA) is 24.9 Å². The molecule has 1 aliphatic rings. The molecule has 1 N–H and O–H groups in total. The van der Waals surface area contributed by atoms with Crippen molar-refractivity contribution in [3.05, 3.63) is 16.1 Å². The summed E-state index contributed by atoms with van der Waals surface area (Å²) in [5.74, 6) is 0.958. The molecule has 0 spiro atoms. The zero-order valence-electron chi connectivity index (χ0n) is 9.84. The molecule has 1 heterocycles. The van der Waals surface area contributed by atoms with Crippen molar-refractivity contribution in [3.63, 3.8) is 0 Å². The first-order chi connectivity index (χ1) is 7.05. The van der Waals surface area contributed by atoms with Gasteiger partial charge in [-0.3, -0.25) is 0 Å². The number of hydrogen-bond acceptors (Lipinski definition) is 3. The first-order valence-electron chi connectivity index (χ1n) is 5.71. The fourth-order valence-corrected chi connectivity index (χ4v) is 2.40. The van der Waals surface area contributed by atoms with Gasteiger partial charge in [0.2, 0.25) is 0 Å². The van der Waals surface area contributed by atoms with Crippen LogP contribution >= 0.6 is 11.3 Å². The van der Waals surface area contributed by atoms with E-state index in [-0.39, 0.29) is 5.41 Å². The lowest BCUT2D eigenvalue weighted by atomic mass is 9.98. The zero-order chi connectivity index (χ0) is 10.9. The van der Waals surface area contributed by atoms with E-state index < -0.39 is 0 Å². The average Bonchev–Trinajstić information content (AvgIpc) is 2.80. The third-order valence-electron chi connectivity index (χ3n) is 2.62. The van der Waals surface area contributed by atoms with Gasteiger partial charge in [-0.25, -0.2) is 4.98 Å². The van der Waals surface area contributed by atoms with Crippen LogP contribution in [0.15, 0.2) is 6.20 Å². The van der Waals surface area contributed by atoms with Crippen LogP contribution in [0.4, 0.5) is 0 Å². The van der Waals surface area contributed by atoms with E-state index in [4.69, 9.17) is 0 Å². The predicted octanol–water partition coefficient (Wildman–Crippen LogP) is 2.94. The van der Waals surface area contributed by atoms with Crippen LogP contribution in [0.1, 0.15) is 43.5 Å². The fourth-order valence-electron chi connectivity index (χ4n) is 1.46. The Morgan fingerprint density at radius 1 is 1.47 bits per heavy atom. The molecule has 2 rings (SSSR count). The molecule has 0 unspecified atom stereocenters. The van der Waals surface area contributed by atoms with Crippen molar-refractivity contribution in [1.29, 1.82) is 0 Å². The summed E-state index contributed by atoms with van der Waals surface area (Å²) < 4.78 is 0. The van der Waals surface area contributed by atoms with Crippen molar-refractivity contribution in [2.45, 2.75) is 45.6 Å². The van der Waals surface area contributed by atoms with Crippen molar-refractivity contribution in [2.24, 2.45) is 5.92 Å². The quantitative estimate of drug-likeness (QED) is 0.850. The van der Waals surface area contributed by atoms with Gasteiger partial charge in [-0.15, -0.1) is 11.3 Å². The normalized spacial score (nSPS) is 17.0. The van der Waals surface area contributed by atoms with Gasteiger partial charge in [0.15, 0.2) is 0 Å². The summed E-state index contributed by atoms with van der Waals surface area (Å²) in [6.45, 7) is 8.82. The Morgan fingerprint density at radius 3 is 2.73 bits per heavy atom. The molecule has 84 valence electrons. The molecule has 0 aliphatic heterocycles. The van der Waals surface area contributed by atoms with E-state index in [1.54, 1.807) is 0 Å². The van der Waals surface area contributed by atoms with Gasteiger partial charge < -0.3 is 5.32 Å². The Balaban J connectivity index is 1.83. The first kappa shape index (κ1) is 11.1. The van der Waals surface area contributed by atoms with Gasteiger partial charge in [0.25, 0.3) is 0 Å². The highest BCUT2D eigenvalue weighted by molar-refractivity contribution is 7.11. The molecule has 0 amide bonds. The molecule has 0 radical (unpaired) electrons. The minimum absolute atomic E-state index is 0.194. The second-order valence-electron chi connectivity index (χ2n) is 5.46. The Labute approximate surface area is 96.1 Å². The Bertz CT molecular complexity index is 321. The summed E-state index contributed by atoms with van der Waals surface area (Å²) in [7, 11) is 0. The van der Waals surface area contributed by atoms with Crippen LogP contribution in [-0.2, 0) is 12.0 Å². The Morgan fingerprint density at radius 2 is 2.20 bits per heavy atom. The van der Waals surface area contributed by atoms with Crippen LogP contribution in [0.2, 0.25) is 0 Å². The summed E-state index contributed by atoms with van der Waals surface area (Å²) in [5, 5.41) is 4.74. The molecule has 0 aromatic carbocycles. The van der Waals surface area contributed by atoms with Crippen LogP contribution in [0.25, 0.3) is 0 Å². The molecule has 1 fully saturated rings. The minimum Gasteiger partial charge on any atom is -0.312 e. The maximum absolute atomic E-state index is 4.48. The standard InChI is InChI=1S/C12H20N2S/c1-12(2,3)11-14-8-10(15-11)7-13-6-9-4-5-9/h8-9,13H,4-7H2,1-3H3. The summed E-state index contributed by atoms with van der Waals surface area (Å²) in [5.41, 5.74) is 0.194. The van der Waals surface area contributed by atoms with Gasteiger partial charge in [-0.1, -0.05) is 20.8 Å².